The molecule has 0 N–H and O–H groups in total. The fourth-order valence-corrected chi connectivity index (χ4v) is 2.73. The molecule has 0 aliphatic carbocycles. The molecule has 0 unspecified atom stereocenters. The summed E-state index contributed by atoms with van der Waals surface area (Å²) < 4.78 is 37.7. The third-order valence-electron chi connectivity index (χ3n) is 5.03. The summed E-state index contributed by atoms with van der Waals surface area (Å²) in [7, 11) is 0.829. The van der Waals surface area contributed by atoms with Gasteiger partial charge in [-0.1, -0.05) is 30.3 Å². The summed E-state index contributed by atoms with van der Waals surface area (Å²) in [6.45, 7) is 8.08. The SMILES string of the molecule is COc1cc(OCc2ccccc2)c(F)cc1B1OC(C)(C)C(C)(C)O1. The van der Waals surface area contributed by atoms with Crippen LogP contribution < -0.4 is 14.9 Å². The van der Waals surface area contributed by atoms with Gasteiger partial charge in [0.05, 0.1) is 18.3 Å². The Morgan fingerprint density at radius 1 is 0.962 bits per heavy atom. The van der Waals surface area contributed by atoms with Crippen LogP contribution in [0.15, 0.2) is 42.5 Å². The normalized spacial score (nSPS) is 18.0. The highest BCUT2D eigenvalue weighted by Gasteiger charge is 2.52. The lowest BCUT2D eigenvalue weighted by molar-refractivity contribution is 0.00578. The molecular weight excluding hydrogens is 334 g/mol. The minimum atomic E-state index is -0.701. The van der Waals surface area contributed by atoms with Gasteiger partial charge in [-0.2, -0.15) is 0 Å². The number of benzene rings is 2. The van der Waals surface area contributed by atoms with Gasteiger partial charge in [0, 0.05) is 11.5 Å². The molecule has 2 aromatic rings. The minimum absolute atomic E-state index is 0.131. The Morgan fingerprint density at radius 2 is 1.58 bits per heavy atom. The van der Waals surface area contributed by atoms with Crippen molar-refractivity contribution in [2.75, 3.05) is 7.11 Å². The van der Waals surface area contributed by atoms with Crippen LogP contribution in [-0.4, -0.2) is 25.4 Å². The third kappa shape index (κ3) is 3.57. The Hall–Kier alpha value is -2.05. The average Bonchev–Trinajstić information content (AvgIpc) is 2.82. The molecule has 4 nitrogen and oxygen atoms in total. The van der Waals surface area contributed by atoms with Gasteiger partial charge in [0.1, 0.15) is 12.4 Å². The summed E-state index contributed by atoms with van der Waals surface area (Å²) in [5.74, 6) is 0.116. The summed E-state index contributed by atoms with van der Waals surface area (Å²) in [5.41, 5.74) is 0.445. The summed E-state index contributed by atoms with van der Waals surface area (Å²) in [6, 6.07) is 12.5. The van der Waals surface area contributed by atoms with E-state index in [9.17, 15) is 4.39 Å². The molecule has 0 radical (unpaired) electrons. The van der Waals surface area contributed by atoms with Crippen LogP contribution in [0.25, 0.3) is 0 Å². The van der Waals surface area contributed by atoms with Crippen molar-refractivity contribution in [2.24, 2.45) is 0 Å². The lowest BCUT2D eigenvalue weighted by Crippen LogP contribution is -2.41. The largest absolute Gasteiger partial charge is 0.498 e. The molecule has 6 heteroatoms. The van der Waals surface area contributed by atoms with Crippen LogP contribution in [0.2, 0.25) is 0 Å². The second-order valence-corrected chi connectivity index (χ2v) is 7.39. The Kier molecular flexibility index (Phi) is 4.99. The van der Waals surface area contributed by atoms with Gasteiger partial charge >= 0.3 is 7.12 Å². The van der Waals surface area contributed by atoms with Crippen LogP contribution in [-0.2, 0) is 15.9 Å². The molecule has 0 spiro atoms. The van der Waals surface area contributed by atoms with E-state index in [0.29, 0.717) is 11.2 Å². The summed E-state index contributed by atoms with van der Waals surface area (Å²) in [5, 5.41) is 0. The van der Waals surface area contributed by atoms with Crippen LogP contribution in [0.1, 0.15) is 33.3 Å². The highest BCUT2D eigenvalue weighted by molar-refractivity contribution is 6.63. The second-order valence-electron chi connectivity index (χ2n) is 7.39. The topological polar surface area (TPSA) is 36.9 Å². The summed E-state index contributed by atoms with van der Waals surface area (Å²) >= 11 is 0. The van der Waals surface area contributed by atoms with Gasteiger partial charge in [-0.15, -0.1) is 0 Å². The van der Waals surface area contributed by atoms with Gasteiger partial charge < -0.3 is 18.8 Å². The van der Waals surface area contributed by atoms with Crippen molar-refractivity contribution in [2.45, 2.75) is 45.5 Å². The zero-order valence-corrected chi connectivity index (χ0v) is 15.8. The molecule has 1 heterocycles. The van der Waals surface area contributed by atoms with E-state index in [1.54, 1.807) is 6.07 Å². The lowest BCUT2D eigenvalue weighted by atomic mass is 9.78. The Balaban J connectivity index is 1.84. The average molecular weight is 358 g/mol. The van der Waals surface area contributed by atoms with Gasteiger partial charge in [-0.25, -0.2) is 4.39 Å². The van der Waals surface area contributed by atoms with Crippen molar-refractivity contribution >= 4 is 12.6 Å². The van der Waals surface area contributed by atoms with Crippen molar-refractivity contribution in [1.82, 2.24) is 0 Å². The molecule has 2 aromatic carbocycles. The Labute approximate surface area is 154 Å². The van der Waals surface area contributed by atoms with Crippen LogP contribution in [0.3, 0.4) is 0 Å². The lowest BCUT2D eigenvalue weighted by Gasteiger charge is -2.32. The second kappa shape index (κ2) is 6.93. The van der Waals surface area contributed by atoms with Crippen molar-refractivity contribution in [3.8, 4) is 11.5 Å². The fraction of sp³-hybridized carbons (Fsp3) is 0.400. The predicted molar refractivity (Wildman–Crippen MR) is 99.4 cm³/mol. The molecule has 0 saturated carbocycles. The number of hydrogen-bond donors (Lipinski definition) is 0. The minimum Gasteiger partial charge on any atom is -0.497 e. The molecule has 1 saturated heterocycles. The van der Waals surface area contributed by atoms with E-state index in [0.717, 1.165) is 5.56 Å². The van der Waals surface area contributed by atoms with E-state index < -0.39 is 24.1 Å². The number of ether oxygens (including phenoxy) is 2. The first-order valence-corrected chi connectivity index (χ1v) is 8.63. The van der Waals surface area contributed by atoms with E-state index >= 15 is 0 Å². The first-order chi connectivity index (χ1) is 12.2. The molecule has 1 fully saturated rings. The molecule has 1 aliphatic rings. The monoisotopic (exact) mass is 358 g/mol. The summed E-state index contributed by atoms with van der Waals surface area (Å²) in [6.07, 6.45) is 0. The van der Waals surface area contributed by atoms with Gasteiger partial charge in [-0.3, -0.25) is 0 Å². The van der Waals surface area contributed by atoms with Crippen LogP contribution >= 0.6 is 0 Å². The van der Waals surface area contributed by atoms with E-state index in [2.05, 4.69) is 0 Å². The van der Waals surface area contributed by atoms with E-state index in [1.165, 1.54) is 13.2 Å². The molecule has 0 bridgehead atoms. The van der Waals surface area contributed by atoms with Gasteiger partial charge in [0.15, 0.2) is 11.6 Å². The number of rotatable bonds is 5. The van der Waals surface area contributed by atoms with Crippen molar-refractivity contribution in [3.63, 3.8) is 0 Å². The standard InChI is InChI=1S/C20H24BFO4/c1-19(2)20(3,4)26-21(25-19)15-11-16(22)18(12-17(15)23-5)24-13-14-9-7-6-8-10-14/h6-12H,13H2,1-5H3. The van der Waals surface area contributed by atoms with Gasteiger partial charge in [0.2, 0.25) is 0 Å². The molecule has 1 aliphatic heterocycles. The molecule has 26 heavy (non-hydrogen) atoms. The molecule has 0 atom stereocenters. The van der Waals surface area contributed by atoms with Crippen molar-refractivity contribution < 1.29 is 23.2 Å². The smallest absolute Gasteiger partial charge is 0.497 e. The third-order valence-corrected chi connectivity index (χ3v) is 5.03. The molecule has 0 amide bonds. The van der Waals surface area contributed by atoms with E-state index in [-0.39, 0.29) is 12.4 Å². The summed E-state index contributed by atoms with van der Waals surface area (Å²) in [4.78, 5) is 0. The van der Waals surface area contributed by atoms with Crippen molar-refractivity contribution in [3.05, 3.63) is 53.8 Å². The van der Waals surface area contributed by atoms with Crippen LogP contribution in [0.5, 0.6) is 11.5 Å². The quantitative estimate of drug-likeness (QED) is 0.764. The zero-order chi connectivity index (χ0) is 18.9. The fourth-order valence-electron chi connectivity index (χ4n) is 2.73. The predicted octanol–water partition coefficient (Wildman–Crippen LogP) is 3.71. The van der Waals surface area contributed by atoms with Crippen molar-refractivity contribution in [1.29, 1.82) is 0 Å². The molecule has 3 rings (SSSR count). The Bertz CT molecular complexity index is 761. The van der Waals surface area contributed by atoms with Crippen LogP contribution in [0.4, 0.5) is 4.39 Å². The highest BCUT2D eigenvalue weighted by Crippen LogP contribution is 2.37. The number of hydrogen-bond acceptors (Lipinski definition) is 4. The maximum Gasteiger partial charge on any atom is 0.498 e. The first-order valence-electron chi connectivity index (χ1n) is 8.63. The maximum absolute atomic E-state index is 14.6. The van der Waals surface area contributed by atoms with E-state index in [1.807, 2.05) is 58.0 Å². The number of methoxy groups -OCH3 is 1. The molecular formula is C20H24BFO4. The van der Waals surface area contributed by atoms with Crippen LogP contribution in [0, 0.1) is 5.82 Å². The Morgan fingerprint density at radius 3 is 2.15 bits per heavy atom. The van der Waals surface area contributed by atoms with Gasteiger partial charge in [0.25, 0.3) is 0 Å². The highest BCUT2D eigenvalue weighted by atomic mass is 19.1. The number of halogens is 1. The first kappa shape index (κ1) is 18.7. The maximum atomic E-state index is 14.6. The zero-order valence-electron chi connectivity index (χ0n) is 15.8. The van der Waals surface area contributed by atoms with Gasteiger partial charge in [-0.05, 0) is 39.3 Å². The molecule has 0 aromatic heterocycles. The molecule has 138 valence electrons. The van der Waals surface area contributed by atoms with E-state index in [4.69, 9.17) is 18.8 Å².